The minimum absolute atomic E-state index is 0.0475. The van der Waals surface area contributed by atoms with Crippen molar-refractivity contribution in [3.05, 3.63) is 52.1 Å². The minimum atomic E-state index is -0.224. The standard InChI is InChI=1S/C21H23N3O2S/c1-14-8-10-15(11-9-14)22-19(25)13-24-21(26)17-6-3-2-5-16(17)20(23-24)18-7-4-12-27-18/h2-7,12,14-15H,8-11,13H2,1H3,(H,22,25). The number of thiophene rings is 1. The van der Waals surface area contributed by atoms with Crippen LogP contribution in [0.4, 0.5) is 0 Å². The third kappa shape index (κ3) is 3.81. The molecular formula is C21H23N3O2S. The maximum atomic E-state index is 12.8. The summed E-state index contributed by atoms with van der Waals surface area (Å²) in [5.74, 6) is 0.591. The second-order valence-electron chi connectivity index (χ2n) is 7.36. The Morgan fingerprint density at radius 3 is 2.59 bits per heavy atom. The molecule has 27 heavy (non-hydrogen) atoms. The van der Waals surface area contributed by atoms with Crippen LogP contribution >= 0.6 is 11.3 Å². The number of nitrogens with zero attached hydrogens (tertiary/aromatic N) is 2. The number of carbonyl (C=O) groups is 1. The Balaban J connectivity index is 1.63. The monoisotopic (exact) mass is 381 g/mol. The number of rotatable bonds is 4. The zero-order chi connectivity index (χ0) is 18.8. The third-order valence-corrected chi connectivity index (χ3v) is 6.17. The maximum Gasteiger partial charge on any atom is 0.275 e. The van der Waals surface area contributed by atoms with Gasteiger partial charge < -0.3 is 5.32 Å². The van der Waals surface area contributed by atoms with Gasteiger partial charge in [0.15, 0.2) is 0 Å². The normalized spacial score (nSPS) is 19.9. The first kappa shape index (κ1) is 17.9. The topological polar surface area (TPSA) is 64.0 Å². The van der Waals surface area contributed by atoms with Gasteiger partial charge in [-0.3, -0.25) is 9.59 Å². The molecule has 5 nitrogen and oxygen atoms in total. The van der Waals surface area contributed by atoms with E-state index >= 15 is 0 Å². The molecule has 2 aromatic heterocycles. The molecule has 0 radical (unpaired) electrons. The maximum absolute atomic E-state index is 12.8. The molecule has 1 fully saturated rings. The van der Waals surface area contributed by atoms with Crippen LogP contribution in [-0.4, -0.2) is 21.7 Å². The van der Waals surface area contributed by atoms with E-state index in [1.807, 2.05) is 35.7 Å². The van der Waals surface area contributed by atoms with Crippen LogP contribution in [0, 0.1) is 5.92 Å². The number of aromatic nitrogens is 2. The van der Waals surface area contributed by atoms with Crippen molar-refractivity contribution >= 4 is 28.0 Å². The van der Waals surface area contributed by atoms with E-state index in [-0.39, 0.29) is 24.1 Å². The van der Waals surface area contributed by atoms with Gasteiger partial charge in [-0.2, -0.15) is 5.10 Å². The fourth-order valence-electron chi connectivity index (χ4n) is 3.75. The van der Waals surface area contributed by atoms with Crippen molar-refractivity contribution in [1.82, 2.24) is 15.1 Å². The Hall–Kier alpha value is -2.47. The van der Waals surface area contributed by atoms with Crippen LogP contribution in [-0.2, 0) is 11.3 Å². The highest BCUT2D eigenvalue weighted by Crippen LogP contribution is 2.28. The lowest BCUT2D eigenvalue weighted by Gasteiger charge is -2.26. The SMILES string of the molecule is CC1CCC(NC(=O)Cn2nc(-c3cccs3)c3ccccc3c2=O)CC1. The van der Waals surface area contributed by atoms with E-state index in [0.29, 0.717) is 5.39 Å². The van der Waals surface area contributed by atoms with Gasteiger partial charge in [0.1, 0.15) is 12.2 Å². The average molecular weight is 382 g/mol. The number of benzene rings is 1. The minimum Gasteiger partial charge on any atom is -0.352 e. The van der Waals surface area contributed by atoms with Crippen LogP contribution in [0.3, 0.4) is 0 Å². The van der Waals surface area contributed by atoms with Crippen molar-refractivity contribution in [2.45, 2.75) is 45.2 Å². The van der Waals surface area contributed by atoms with E-state index in [0.717, 1.165) is 47.6 Å². The number of carbonyl (C=O) groups excluding carboxylic acids is 1. The van der Waals surface area contributed by atoms with Crippen LogP contribution in [0.15, 0.2) is 46.6 Å². The summed E-state index contributed by atoms with van der Waals surface area (Å²) in [6.07, 6.45) is 4.30. The molecule has 0 bridgehead atoms. The van der Waals surface area contributed by atoms with Gasteiger partial charge in [-0.15, -0.1) is 11.3 Å². The summed E-state index contributed by atoms with van der Waals surface area (Å²) < 4.78 is 1.30. The predicted octanol–water partition coefficient (Wildman–Crippen LogP) is 3.82. The summed E-state index contributed by atoms with van der Waals surface area (Å²) in [7, 11) is 0. The van der Waals surface area contributed by atoms with Gasteiger partial charge in [0.05, 0.1) is 10.3 Å². The lowest BCUT2D eigenvalue weighted by molar-refractivity contribution is -0.122. The summed E-state index contributed by atoms with van der Waals surface area (Å²) in [6, 6.07) is 11.6. The van der Waals surface area contributed by atoms with E-state index in [1.54, 1.807) is 17.4 Å². The number of fused-ring (bicyclic) bond motifs is 1. The van der Waals surface area contributed by atoms with Gasteiger partial charge in [0, 0.05) is 11.4 Å². The lowest BCUT2D eigenvalue weighted by Crippen LogP contribution is -2.41. The molecule has 1 saturated carbocycles. The third-order valence-electron chi connectivity index (χ3n) is 5.30. The molecule has 0 unspecified atom stereocenters. The molecule has 3 aromatic rings. The number of hydrogen-bond donors (Lipinski definition) is 1. The molecular weight excluding hydrogens is 358 g/mol. The van der Waals surface area contributed by atoms with Crippen molar-refractivity contribution in [3.8, 4) is 10.6 Å². The molecule has 0 aliphatic heterocycles. The van der Waals surface area contributed by atoms with Crippen LogP contribution in [0.5, 0.6) is 0 Å². The number of amides is 1. The zero-order valence-electron chi connectivity index (χ0n) is 15.4. The highest BCUT2D eigenvalue weighted by atomic mass is 32.1. The molecule has 1 aliphatic rings. The lowest BCUT2D eigenvalue weighted by atomic mass is 9.87. The first-order chi connectivity index (χ1) is 13.1. The summed E-state index contributed by atoms with van der Waals surface area (Å²) in [6.45, 7) is 2.21. The van der Waals surface area contributed by atoms with E-state index in [9.17, 15) is 9.59 Å². The quantitative estimate of drug-likeness (QED) is 0.747. The first-order valence-corrected chi connectivity index (χ1v) is 10.3. The Morgan fingerprint density at radius 1 is 1.15 bits per heavy atom. The van der Waals surface area contributed by atoms with Gasteiger partial charge >= 0.3 is 0 Å². The second kappa shape index (κ2) is 7.64. The largest absolute Gasteiger partial charge is 0.352 e. The molecule has 140 valence electrons. The molecule has 0 spiro atoms. The smallest absolute Gasteiger partial charge is 0.275 e. The van der Waals surface area contributed by atoms with Gasteiger partial charge in [0.25, 0.3) is 5.56 Å². The van der Waals surface area contributed by atoms with Crippen LogP contribution in [0.1, 0.15) is 32.6 Å². The summed E-state index contributed by atoms with van der Waals surface area (Å²) in [5.41, 5.74) is 0.526. The van der Waals surface area contributed by atoms with Crippen LogP contribution < -0.4 is 10.9 Å². The molecule has 0 atom stereocenters. The highest BCUT2D eigenvalue weighted by molar-refractivity contribution is 7.13. The van der Waals surface area contributed by atoms with Crippen molar-refractivity contribution in [3.63, 3.8) is 0 Å². The van der Waals surface area contributed by atoms with Crippen LogP contribution in [0.25, 0.3) is 21.3 Å². The van der Waals surface area contributed by atoms with Crippen molar-refractivity contribution in [2.24, 2.45) is 5.92 Å². The van der Waals surface area contributed by atoms with Gasteiger partial charge in [-0.05, 0) is 49.1 Å². The van der Waals surface area contributed by atoms with Crippen molar-refractivity contribution < 1.29 is 4.79 Å². The van der Waals surface area contributed by atoms with E-state index in [4.69, 9.17) is 0 Å². The van der Waals surface area contributed by atoms with E-state index in [1.165, 1.54) is 4.68 Å². The Kier molecular flexibility index (Phi) is 5.07. The predicted molar refractivity (Wildman–Crippen MR) is 109 cm³/mol. The van der Waals surface area contributed by atoms with Gasteiger partial charge in [-0.1, -0.05) is 31.2 Å². The molecule has 1 amide bonds. The fourth-order valence-corrected chi connectivity index (χ4v) is 4.47. The number of hydrogen-bond acceptors (Lipinski definition) is 4. The molecule has 1 aliphatic carbocycles. The molecule has 0 saturated heterocycles. The van der Waals surface area contributed by atoms with E-state index in [2.05, 4.69) is 17.3 Å². The molecule has 4 rings (SSSR count). The van der Waals surface area contributed by atoms with Gasteiger partial charge in [-0.25, -0.2) is 4.68 Å². The van der Waals surface area contributed by atoms with Crippen molar-refractivity contribution in [2.75, 3.05) is 0 Å². The highest BCUT2D eigenvalue weighted by Gasteiger charge is 2.21. The molecule has 1 aromatic carbocycles. The van der Waals surface area contributed by atoms with Gasteiger partial charge in [0.2, 0.25) is 5.91 Å². The summed E-state index contributed by atoms with van der Waals surface area (Å²) in [5, 5.41) is 11.0. The van der Waals surface area contributed by atoms with E-state index < -0.39 is 0 Å². The Labute approximate surface area is 162 Å². The molecule has 2 heterocycles. The number of nitrogens with one attached hydrogen (secondary N) is 1. The Bertz CT molecular complexity index is 1000. The fraction of sp³-hybridized carbons (Fsp3) is 0.381. The first-order valence-electron chi connectivity index (χ1n) is 9.45. The summed E-state index contributed by atoms with van der Waals surface area (Å²) in [4.78, 5) is 26.4. The van der Waals surface area contributed by atoms with Crippen molar-refractivity contribution in [1.29, 1.82) is 0 Å². The second-order valence-corrected chi connectivity index (χ2v) is 8.31. The summed E-state index contributed by atoms with van der Waals surface area (Å²) >= 11 is 1.57. The zero-order valence-corrected chi connectivity index (χ0v) is 16.2. The van der Waals surface area contributed by atoms with Crippen LogP contribution in [0.2, 0.25) is 0 Å². The molecule has 6 heteroatoms. The average Bonchev–Trinajstić information content (AvgIpc) is 3.20. The Morgan fingerprint density at radius 2 is 1.89 bits per heavy atom. The molecule has 1 N–H and O–H groups in total.